The molecule has 1 aromatic heterocycles. The Kier molecular flexibility index (Phi) is 5.10. The second-order valence-electron chi connectivity index (χ2n) is 7.49. The number of carboxylic acid groups (broad SMARTS) is 1. The molecule has 150 valence electrons. The summed E-state index contributed by atoms with van der Waals surface area (Å²) in [4.78, 5) is 16.6. The van der Waals surface area contributed by atoms with Gasteiger partial charge in [0.2, 0.25) is 10.0 Å². The smallest absolute Gasteiger partial charge is 0.336 e. The minimum atomic E-state index is -3.67. The molecule has 0 unspecified atom stereocenters. The van der Waals surface area contributed by atoms with Crippen LogP contribution in [0.1, 0.15) is 30.1 Å². The Labute approximate surface area is 169 Å². The molecular formula is C22H22N2O4S. The average molecular weight is 410 g/mol. The zero-order valence-electron chi connectivity index (χ0n) is 16.1. The summed E-state index contributed by atoms with van der Waals surface area (Å²) in [5.41, 5.74) is 1.83. The maximum absolute atomic E-state index is 13.1. The molecule has 2 aromatic carbocycles. The fourth-order valence-corrected chi connectivity index (χ4v) is 5.17. The van der Waals surface area contributed by atoms with Crippen LogP contribution in [0.25, 0.3) is 22.2 Å². The number of aromatic carboxylic acids is 1. The van der Waals surface area contributed by atoms with Crippen LogP contribution >= 0.6 is 0 Å². The zero-order chi connectivity index (χ0) is 20.6. The molecule has 1 fully saturated rings. The summed E-state index contributed by atoms with van der Waals surface area (Å²) in [7, 11) is -3.67. The van der Waals surface area contributed by atoms with Crippen LogP contribution in [0.4, 0.5) is 0 Å². The Morgan fingerprint density at radius 3 is 2.41 bits per heavy atom. The Balaban J connectivity index is 1.81. The van der Waals surface area contributed by atoms with Gasteiger partial charge in [-0.3, -0.25) is 0 Å². The molecule has 2 heterocycles. The third-order valence-corrected chi connectivity index (χ3v) is 7.36. The third-order valence-electron chi connectivity index (χ3n) is 5.46. The van der Waals surface area contributed by atoms with Crippen LogP contribution in [0.15, 0.2) is 59.5 Å². The van der Waals surface area contributed by atoms with E-state index in [0.717, 1.165) is 18.4 Å². The lowest BCUT2D eigenvalue weighted by Gasteiger charge is -2.29. The molecule has 0 atom stereocenters. The molecule has 1 saturated heterocycles. The molecule has 6 nitrogen and oxygen atoms in total. The van der Waals surface area contributed by atoms with Gasteiger partial charge in [0.1, 0.15) is 0 Å². The molecule has 0 aliphatic carbocycles. The molecule has 0 saturated carbocycles. The van der Waals surface area contributed by atoms with Crippen LogP contribution in [-0.4, -0.2) is 41.9 Å². The first-order valence-electron chi connectivity index (χ1n) is 9.60. The molecule has 29 heavy (non-hydrogen) atoms. The Morgan fingerprint density at radius 2 is 1.76 bits per heavy atom. The van der Waals surface area contributed by atoms with E-state index < -0.39 is 16.0 Å². The number of hydrogen-bond acceptors (Lipinski definition) is 4. The lowest BCUT2D eigenvalue weighted by molar-refractivity contribution is 0.0699. The predicted molar refractivity (Wildman–Crippen MR) is 111 cm³/mol. The highest BCUT2D eigenvalue weighted by Gasteiger charge is 2.28. The van der Waals surface area contributed by atoms with Crippen molar-refractivity contribution < 1.29 is 18.3 Å². The Hall–Kier alpha value is -2.77. The minimum absolute atomic E-state index is 0.0400. The van der Waals surface area contributed by atoms with E-state index >= 15 is 0 Å². The average Bonchev–Trinajstić information content (AvgIpc) is 2.73. The van der Waals surface area contributed by atoms with Gasteiger partial charge in [0.15, 0.2) is 0 Å². The minimum Gasteiger partial charge on any atom is -0.478 e. The van der Waals surface area contributed by atoms with Crippen molar-refractivity contribution in [3.8, 4) is 11.3 Å². The number of benzene rings is 2. The van der Waals surface area contributed by atoms with Crippen LogP contribution in [0, 0.1) is 5.92 Å². The summed E-state index contributed by atoms with van der Waals surface area (Å²) < 4.78 is 27.6. The number of sulfonamides is 1. The second kappa shape index (κ2) is 7.57. The summed E-state index contributed by atoms with van der Waals surface area (Å²) in [6.07, 6.45) is 1.66. The molecule has 0 bridgehead atoms. The SMILES string of the molecule is CC1CCN(S(=O)(=O)c2ccc3nc(-c4ccccc4)cc(C(=O)O)c3c2)CC1. The quantitative estimate of drug-likeness (QED) is 0.702. The van der Waals surface area contributed by atoms with Crippen LogP contribution in [-0.2, 0) is 10.0 Å². The van der Waals surface area contributed by atoms with Crippen LogP contribution in [0.2, 0.25) is 0 Å². The van der Waals surface area contributed by atoms with Crippen LogP contribution in [0.5, 0.6) is 0 Å². The summed E-state index contributed by atoms with van der Waals surface area (Å²) in [6.45, 7) is 3.09. The van der Waals surface area contributed by atoms with Gasteiger partial charge in [-0.1, -0.05) is 37.3 Å². The highest BCUT2D eigenvalue weighted by Crippen LogP contribution is 2.29. The molecule has 1 aliphatic rings. The maximum Gasteiger partial charge on any atom is 0.336 e. The number of nitrogens with zero attached hydrogens (tertiary/aromatic N) is 2. The largest absolute Gasteiger partial charge is 0.478 e. The van der Waals surface area contributed by atoms with Gasteiger partial charge in [-0.05, 0) is 43.0 Å². The van der Waals surface area contributed by atoms with Gasteiger partial charge in [0.05, 0.1) is 21.7 Å². The van der Waals surface area contributed by atoms with E-state index in [1.165, 1.54) is 22.5 Å². The number of aromatic nitrogens is 1. The molecule has 7 heteroatoms. The summed E-state index contributed by atoms with van der Waals surface area (Å²) in [5, 5.41) is 10.1. The van der Waals surface area contributed by atoms with Gasteiger partial charge in [-0.15, -0.1) is 0 Å². The fourth-order valence-electron chi connectivity index (χ4n) is 3.67. The van der Waals surface area contributed by atoms with Gasteiger partial charge >= 0.3 is 5.97 Å². The second-order valence-corrected chi connectivity index (χ2v) is 9.43. The number of rotatable bonds is 4. The topological polar surface area (TPSA) is 87.6 Å². The van der Waals surface area contributed by atoms with Gasteiger partial charge < -0.3 is 5.11 Å². The first-order chi connectivity index (χ1) is 13.9. The van der Waals surface area contributed by atoms with Gasteiger partial charge in [0, 0.05) is 24.0 Å². The number of piperidine rings is 1. The molecule has 0 amide bonds. The van der Waals surface area contributed by atoms with Crippen LogP contribution in [0.3, 0.4) is 0 Å². The van der Waals surface area contributed by atoms with Crippen molar-refractivity contribution in [2.24, 2.45) is 5.92 Å². The molecule has 4 rings (SSSR count). The summed E-state index contributed by atoms with van der Waals surface area (Å²) in [5.74, 6) is -0.604. The lowest BCUT2D eigenvalue weighted by Crippen LogP contribution is -2.37. The Morgan fingerprint density at radius 1 is 1.07 bits per heavy atom. The summed E-state index contributed by atoms with van der Waals surface area (Å²) >= 11 is 0. The molecule has 1 aliphatic heterocycles. The van der Waals surface area contributed by atoms with Crippen molar-refractivity contribution in [1.29, 1.82) is 0 Å². The van der Waals surface area contributed by atoms with Gasteiger partial charge in [0.25, 0.3) is 0 Å². The first-order valence-corrected chi connectivity index (χ1v) is 11.0. The van der Waals surface area contributed by atoms with Gasteiger partial charge in [-0.2, -0.15) is 4.31 Å². The van der Waals surface area contributed by atoms with E-state index in [0.29, 0.717) is 35.6 Å². The van der Waals surface area contributed by atoms with Crippen molar-refractivity contribution in [2.75, 3.05) is 13.1 Å². The maximum atomic E-state index is 13.1. The van der Waals surface area contributed by atoms with Crippen molar-refractivity contribution in [1.82, 2.24) is 9.29 Å². The highest BCUT2D eigenvalue weighted by atomic mass is 32.2. The lowest BCUT2D eigenvalue weighted by atomic mass is 10.0. The number of carboxylic acids is 1. The van der Waals surface area contributed by atoms with E-state index in [4.69, 9.17) is 0 Å². The van der Waals surface area contributed by atoms with E-state index in [9.17, 15) is 18.3 Å². The van der Waals surface area contributed by atoms with E-state index in [2.05, 4.69) is 11.9 Å². The van der Waals surface area contributed by atoms with Crippen molar-refractivity contribution in [2.45, 2.75) is 24.7 Å². The standard InChI is InChI=1S/C22H22N2O4S/c1-15-9-11-24(12-10-15)29(27,28)17-7-8-20-18(13-17)19(22(25)26)14-21(23-20)16-5-3-2-4-6-16/h2-8,13-15H,9-12H2,1H3,(H,25,26). The molecule has 1 N–H and O–H groups in total. The fraction of sp³-hybridized carbons (Fsp3) is 0.273. The number of fused-ring (bicyclic) bond motifs is 1. The zero-order valence-corrected chi connectivity index (χ0v) is 16.9. The van der Waals surface area contributed by atoms with E-state index in [1.54, 1.807) is 6.07 Å². The third kappa shape index (κ3) is 3.75. The highest BCUT2D eigenvalue weighted by molar-refractivity contribution is 7.89. The molecule has 3 aromatic rings. The van der Waals surface area contributed by atoms with E-state index in [-0.39, 0.29) is 10.5 Å². The predicted octanol–water partition coefficient (Wildman–Crippen LogP) is 4.02. The first kappa shape index (κ1) is 19.5. The summed E-state index contributed by atoms with van der Waals surface area (Å²) in [6, 6.07) is 15.4. The molecular weight excluding hydrogens is 388 g/mol. The number of carbonyl (C=O) groups is 1. The van der Waals surface area contributed by atoms with E-state index in [1.807, 2.05) is 30.3 Å². The number of pyridine rings is 1. The Bertz CT molecular complexity index is 1170. The van der Waals surface area contributed by atoms with Crippen LogP contribution < -0.4 is 0 Å². The van der Waals surface area contributed by atoms with Gasteiger partial charge in [-0.25, -0.2) is 18.2 Å². The van der Waals surface area contributed by atoms with Crippen molar-refractivity contribution >= 4 is 26.9 Å². The number of hydrogen-bond donors (Lipinski definition) is 1. The van der Waals surface area contributed by atoms with Crippen molar-refractivity contribution in [3.63, 3.8) is 0 Å². The normalized spacial score (nSPS) is 16.2. The molecule has 0 spiro atoms. The van der Waals surface area contributed by atoms with Crippen molar-refractivity contribution in [3.05, 3.63) is 60.2 Å². The molecule has 0 radical (unpaired) electrons. The monoisotopic (exact) mass is 410 g/mol.